The van der Waals surface area contributed by atoms with Crippen molar-refractivity contribution in [1.82, 2.24) is 0 Å². The molecule has 0 N–H and O–H groups in total. The molecule has 2 aromatic rings. The topological polar surface area (TPSA) is 82.4 Å². The first-order chi connectivity index (χ1) is 9.71. The van der Waals surface area contributed by atoms with Crippen LogP contribution < -0.4 is 0 Å². The normalized spacial score (nSPS) is 11.7. The van der Waals surface area contributed by atoms with Crippen LogP contribution in [0.5, 0.6) is 0 Å². The maximum absolute atomic E-state index is 12.1. The SMILES string of the molecule is Cc1ccc(S(=O)(=O)[N-]S(=O)(=O)c2ccc(C)cc2)cc1.[Ag+]. The Morgan fingerprint density at radius 2 is 0.909 bits per heavy atom. The quantitative estimate of drug-likeness (QED) is 0.696. The maximum Gasteiger partial charge on any atom is 1.00 e. The molecule has 0 aromatic heterocycles. The van der Waals surface area contributed by atoms with Crippen molar-refractivity contribution < 1.29 is 39.2 Å². The van der Waals surface area contributed by atoms with Crippen molar-refractivity contribution in [3.8, 4) is 0 Å². The van der Waals surface area contributed by atoms with Crippen molar-refractivity contribution in [1.29, 1.82) is 0 Å². The van der Waals surface area contributed by atoms with E-state index in [0.29, 0.717) is 0 Å². The molecule has 8 heteroatoms. The third-order valence-electron chi connectivity index (χ3n) is 2.83. The fraction of sp³-hybridized carbons (Fsp3) is 0.143. The van der Waals surface area contributed by atoms with Gasteiger partial charge in [-0.25, -0.2) is 16.8 Å². The molecule has 0 aliphatic rings. The molecule has 0 bridgehead atoms. The summed E-state index contributed by atoms with van der Waals surface area (Å²) >= 11 is 0. The molecule has 0 amide bonds. The summed E-state index contributed by atoms with van der Waals surface area (Å²) in [7, 11) is -8.51. The molecule has 0 spiro atoms. The van der Waals surface area contributed by atoms with Gasteiger partial charge in [-0.2, -0.15) is 0 Å². The monoisotopic (exact) mass is 431 g/mol. The van der Waals surface area contributed by atoms with Gasteiger partial charge in [-0.15, -0.1) is 0 Å². The Hall–Kier alpha value is -0.960. The molecular formula is C14H14AgNO4S2. The zero-order valence-electron chi connectivity index (χ0n) is 11.8. The number of sulfonamides is 2. The minimum absolute atomic E-state index is 0. The first kappa shape index (κ1) is 19.1. The van der Waals surface area contributed by atoms with E-state index < -0.39 is 20.0 Å². The second kappa shape index (κ2) is 7.08. The summed E-state index contributed by atoms with van der Waals surface area (Å²) in [4.78, 5) is -0.299. The van der Waals surface area contributed by atoms with E-state index in [-0.39, 0.29) is 32.2 Å². The van der Waals surface area contributed by atoms with Gasteiger partial charge < -0.3 is 4.13 Å². The molecule has 0 unspecified atom stereocenters. The summed E-state index contributed by atoms with van der Waals surface area (Å²) in [5.41, 5.74) is 1.74. The predicted octanol–water partition coefficient (Wildman–Crippen LogP) is 2.75. The van der Waals surface area contributed by atoms with Gasteiger partial charge in [0.25, 0.3) is 0 Å². The first-order valence-electron chi connectivity index (χ1n) is 6.08. The molecule has 2 rings (SSSR count). The fourth-order valence-corrected chi connectivity index (χ4v) is 4.32. The molecule has 122 valence electrons. The molecule has 22 heavy (non-hydrogen) atoms. The van der Waals surface area contributed by atoms with Crippen LogP contribution >= 0.6 is 0 Å². The van der Waals surface area contributed by atoms with E-state index in [2.05, 4.69) is 4.13 Å². The van der Waals surface area contributed by atoms with Crippen LogP contribution in [-0.2, 0) is 42.4 Å². The number of rotatable bonds is 4. The van der Waals surface area contributed by atoms with Crippen LogP contribution in [0.4, 0.5) is 0 Å². The Morgan fingerprint density at radius 3 is 1.18 bits per heavy atom. The number of hydrogen-bond acceptors (Lipinski definition) is 4. The van der Waals surface area contributed by atoms with Gasteiger partial charge in [-0.1, -0.05) is 35.4 Å². The van der Waals surface area contributed by atoms with Crippen molar-refractivity contribution in [3.05, 3.63) is 63.8 Å². The van der Waals surface area contributed by atoms with Gasteiger partial charge in [0.15, 0.2) is 0 Å². The molecule has 2 aromatic carbocycles. The van der Waals surface area contributed by atoms with Crippen LogP contribution in [-0.4, -0.2) is 16.8 Å². The van der Waals surface area contributed by atoms with E-state index >= 15 is 0 Å². The third kappa shape index (κ3) is 4.52. The van der Waals surface area contributed by atoms with Gasteiger partial charge in [0.2, 0.25) is 0 Å². The summed E-state index contributed by atoms with van der Waals surface area (Å²) in [5, 5.41) is 0. The van der Waals surface area contributed by atoms with E-state index in [1.54, 1.807) is 38.1 Å². The van der Waals surface area contributed by atoms with Gasteiger partial charge in [-0.05, 0) is 38.1 Å². The first-order valence-corrected chi connectivity index (χ1v) is 8.96. The molecule has 0 atom stereocenters. The summed E-state index contributed by atoms with van der Waals surface area (Å²) in [6.07, 6.45) is 0. The van der Waals surface area contributed by atoms with Crippen LogP contribution in [0.15, 0.2) is 58.3 Å². The smallest absolute Gasteiger partial charge is 0.428 e. The minimum atomic E-state index is -4.26. The zero-order valence-corrected chi connectivity index (χ0v) is 14.9. The van der Waals surface area contributed by atoms with Crippen molar-refractivity contribution in [2.45, 2.75) is 23.6 Å². The summed E-state index contributed by atoms with van der Waals surface area (Å²) in [6, 6.07) is 11.7. The average Bonchev–Trinajstić information content (AvgIpc) is 2.38. The zero-order chi connectivity index (χ0) is 15.7. The van der Waals surface area contributed by atoms with E-state index in [4.69, 9.17) is 0 Å². The molecule has 0 saturated heterocycles. The van der Waals surface area contributed by atoms with Crippen molar-refractivity contribution in [2.75, 3.05) is 0 Å². The van der Waals surface area contributed by atoms with Crippen molar-refractivity contribution in [2.24, 2.45) is 0 Å². The summed E-state index contributed by atoms with van der Waals surface area (Å²) < 4.78 is 51.3. The summed E-state index contributed by atoms with van der Waals surface area (Å²) in [5.74, 6) is 0. The summed E-state index contributed by atoms with van der Waals surface area (Å²) in [6.45, 7) is 3.60. The van der Waals surface area contributed by atoms with Crippen LogP contribution in [0.1, 0.15) is 11.1 Å². The molecule has 5 nitrogen and oxygen atoms in total. The van der Waals surface area contributed by atoms with E-state index in [1.165, 1.54) is 24.3 Å². The Labute approximate surface area is 146 Å². The van der Waals surface area contributed by atoms with Crippen LogP contribution in [0.3, 0.4) is 0 Å². The molecule has 0 fully saturated rings. The standard InChI is InChI=1S/C14H14NO4S2.Ag/c1-11-3-7-13(8-4-11)20(16,17)15-21(18,19)14-9-5-12(2)6-10-14;/h3-10H,1-2H3;/q-1;+1. The second-order valence-electron chi connectivity index (χ2n) is 4.65. The van der Waals surface area contributed by atoms with Crippen LogP contribution in [0, 0.1) is 13.8 Å². The average molecular weight is 432 g/mol. The third-order valence-corrected chi connectivity index (χ3v) is 6.14. The van der Waals surface area contributed by atoms with Gasteiger partial charge in [-0.3, -0.25) is 0 Å². The van der Waals surface area contributed by atoms with Crippen LogP contribution in [0.2, 0.25) is 0 Å². The van der Waals surface area contributed by atoms with E-state index in [1.807, 2.05) is 0 Å². The van der Waals surface area contributed by atoms with E-state index in [9.17, 15) is 16.8 Å². The Balaban J connectivity index is 0.00000242. The van der Waals surface area contributed by atoms with Gasteiger partial charge >= 0.3 is 22.4 Å². The van der Waals surface area contributed by atoms with E-state index in [0.717, 1.165) is 11.1 Å². The Kier molecular flexibility index (Phi) is 6.14. The molecule has 0 radical (unpaired) electrons. The Bertz CT molecular complexity index is 769. The number of hydrogen-bond donors (Lipinski definition) is 0. The Morgan fingerprint density at radius 1 is 0.636 bits per heavy atom. The van der Waals surface area contributed by atoms with Crippen LogP contribution in [0.25, 0.3) is 4.13 Å². The number of aryl methyl sites for hydroxylation is 2. The molecule has 0 saturated carbocycles. The minimum Gasteiger partial charge on any atom is -0.428 e. The van der Waals surface area contributed by atoms with Gasteiger partial charge in [0.1, 0.15) is 20.0 Å². The molecule has 0 aliphatic heterocycles. The molecule has 0 heterocycles. The van der Waals surface area contributed by atoms with Gasteiger partial charge in [0, 0.05) is 9.79 Å². The molecule has 0 aliphatic carbocycles. The second-order valence-corrected chi connectivity index (χ2v) is 8.09. The van der Waals surface area contributed by atoms with Crippen molar-refractivity contribution >= 4 is 20.0 Å². The fourth-order valence-electron chi connectivity index (χ4n) is 1.64. The number of benzene rings is 2. The largest absolute Gasteiger partial charge is 1.00 e. The van der Waals surface area contributed by atoms with Crippen molar-refractivity contribution in [3.63, 3.8) is 0 Å². The maximum atomic E-state index is 12.1. The predicted molar refractivity (Wildman–Crippen MR) is 80.1 cm³/mol. The number of nitrogens with zero attached hydrogens (tertiary/aromatic N) is 1. The molecular weight excluding hydrogens is 418 g/mol. The van der Waals surface area contributed by atoms with Gasteiger partial charge in [0.05, 0.1) is 0 Å².